The number of rotatable bonds is 2. The van der Waals surface area contributed by atoms with Crippen molar-refractivity contribution < 1.29 is 9.18 Å². The van der Waals surface area contributed by atoms with Crippen LogP contribution in [0, 0.1) is 5.82 Å². The molecular weight excluding hydrogens is 297 g/mol. The van der Waals surface area contributed by atoms with E-state index in [1.807, 2.05) is 16.7 Å². The molecule has 0 aliphatic carbocycles. The lowest BCUT2D eigenvalue weighted by Gasteiger charge is -2.38. The van der Waals surface area contributed by atoms with Gasteiger partial charge < -0.3 is 4.90 Å². The molecule has 2 bridgehead atoms. The van der Waals surface area contributed by atoms with Crippen LogP contribution in [0.5, 0.6) is 0 Å². The van der Waals surface area contributed by atoms with Gasteiger partial charge in [-0.05, 0) is 50.1 Å². The number of thioether (sulfide) groups is 1. The SMILES string of the molecule is CSC1CC2CCC(C1)N2C(=O)c1ccc(F)cc1Cl. The zero-order valence-electron chi connectivity index (χ0n) is 11.3. The fourth-order valence-electron chi connectivity index (χ4n) is 3.45. The van der Waals surface area contributed by atoms with E-state index in [0.717, 1.165) is 25.7 Å². The molecule has 108 valence electrons. The predicted molar refractivity (Wildman–Crippen MR) is 80.9 cm³/mol. The molecule has 0 spiro atoms. The minimum Gasteiger partial charge on any atom is -0.333 e. The molecule has 1 aromatic rings. The summed E-state index contributed by atoms with van der Waals surface area (Å²) in [5.41, 5.74) is 0.424. The third-order valence-corrected chi connectivity index (χ3v) is 5.78. The molecule has 1 amide bonds. The number of piperidine rings is 1. The molecular formula is C15H17ClFNOS. The molecule has 0 radical (unpaired) electrons. The van der Waals surface area contributed by atoms with Crippen molar-refractivity contribution in [3.05, 3.63) is 34.6 Å². The maximum absolute atomic E-state index is 13.1. The summed E-state index contributed by atoms with van der Waals surface area (Å²) in [6.07, 6.45) is 6.40. The molecule has 2 atom stereocenters. The molecule has 2 aliphatic heterocycles. The number of carbonyl (C=O) groups excluding carboxylic acids is 1. The smallest absolute Gasteiger partial charge is 0.255 e. The first-order chi connectivity index (χ1) is 9.60. The van der Waals surface area contributed by atoms with Gasteiger partial charge in [0.25, 0.3) is 5.91 Å². The average Bonchev–Trinajstić information content (AvgIpc) is 2.68. The molecule has 2 heterocycles. The van der Waals surface area contributed by atoms with E-state index in [2.05, 4.69) is 6.26 Å². The second-order valence-corrected chi connectivity index (χ2v) is 7.10. The van der Waals surface area contributed by atoms with Crippen molar-refractivity contribution >= 4 is 29.3 Å². The van der Waals surface area contributed by atoms with E-state index >= 15 is 0 Å². The van der Waals surface area contributed by atoms with Crippen LogP contribution in [-0.2, 0) is 0 Å². The number of amides is 1. The highest BCUT2D eigenvalue weighted by atomic mass is 35.5. The van der Waals surface area contributed by atoms with Gasteiger partial charge in [0.1, 0.15) is 5.82 Å². The topological polar surface area (TPSA) is 20.3 Å². The van der Waals surface area contributed by atoms with Gasteiger partial charge in [-0.1, -0.05) is 11.6 Å². The number of hydrogen-bond donors (Lipinski definition) is 0. The minimum absolute atomic E-state index is 0.0398. The Balaban J connectivity index is 1.85. The van der Waals surface area contributed by atoms with Gasteiger partial charge in [0, 0.05) is 17.3 Å². The quantitative estimate of drug-likeness (QED) is 0.823. The summed E-state index contributed by atoms with van der Waals surface area (Å²) in [5, 5.41) is 0.863. The first kappa shape index (κ1) is 14.2. The molecule has 1 aromatic carbocycles. The van der Waals surface area contributed by atoms with Crippen molar-refractivity contribution in [2.24, 2.45) is 0 Å². The molecule has 5 heteroatoms. The Labute approximate surface area is 127 Å². The normalized spacial score (nSPS) is 28.8. The lowest BCUT2D eigenvalue weighted by Crippen LogP contribution is -2.47. The second-order valence-electron chi connectivity index (χ2n) is 5.55. The number of hydrogen-bond acceptors (Lipinski definition) is 2. The van der Waals surface area contributed by atoms with E-state index in [-0.39, 0.29) is 10.9 Å². The van der Waals surface area contributed by atoms with Crippen LogP contribution in [0.25, 0.3) is 0 Å². The van der Waals surface area contributed by atoms with E-state index in [9.17, 15) is 9.18 Å². The summed E-state index contributed by atoms with van der Waals surface area (Å²) < 4.78 is 13.1. The zero-order chi connectivity index (χ0) is 14.3. The highest BCUT2D eigenvalue weighted by Crippen LogP contribution is 2.40. The number of nitrogens with zero attached hydrogens (tertiary/aromatic N) is 1. The molecule has 2 fully saturated rings. The Kier molecular flexibility index (Phi) is 3.95. The molecule has 2 nitrogen and oxygen atoms in total. The molecule has 0 saturated carbocycles. The lowest BCUT2D eigenvalue weighted by molar-refractivity contribution is 0.0602. The summed E-state index contributed by atoms with van der Waals surface area (Å²) in [6, 6.07) is 4.65. The van der Waals surface area contributed by atoms with Gasteiger partial charge in [0.15, 0.2) is 0 Å². The number of fused-ring (bicyclic) bond motifs is 2. The Morgan fingerprint density at radius 3 is 2.55 bits per heavy atom. The summed E-state index contributed by atoms with van der Waals surface area (Å²) >= 11 is 7.92. The van der Waals surface area contributed by atoms with E-state index in [4.69, 9.17) is 11.6 Å². The fraction of sp³-hybridized carbons (Fsp3) is 0.533. The van der Waals surface area contributed by atoms with Crippen molar-refractivity contribution in [1.82, 2.24) is 4.90 Å². The van der Waals surface area contributed by atoms with E-state index in [0.29, 0.717) is 22.9 Å². The zero-order valence-corrected chi connectivity index (χ0v) is 12.9. The van der Waals surface area contributed by atoms with Gasteiger partial charge in [-0.15, -0.1) is 0 Å². The Hall–Kier alpha value is -0.740. The molecule has 2 aliphatic rings. The van der Waals surface area contributed by atoms with Crippen LogP contribution in [0.1, 0.15) is 36.0 Å². The molecule has 2 unspecified atom stereocenters. The van der Waals surface area contributed by atoms with Crippen LogP contribution in [0.15, 0.2) is 18.2 Å². The van der Waals surface area contributed by atoms with Crippen molar-refractivity contribution in [3.63, 3.8) is 0 Å². The van der Waals surface area contributed by atoms with Crippen molar-refractivity contribution in [1.29, 1.82) is 0 Å². The summed E-state index contributed by atoms with van der Waals surface area (Å²) in [4.78, 5) is 14.7. The van der Waals surface area contributed by atoms with E-state index in [1.165, 1.54) is 18.2 Å². The maximum Gasteiger partial charge on any atom is 0.255 e. The van der Waals surface area contributed by atoms with Crippen molar-refractivity contribution in [2.75, 3.05) is 6.26 Å². The highest BCUT2D eigenvalue weighted by Gasteiger charge is 2.43. The molecule has 2 saturated heterocycles. The van der Waals surface area contributed by atoms with Crippen molar-refractivity contribution in [2.45, 2.75) is 43.0 Å². The lowest BCUT2D eigenvalue weighted by atomic mass is 10.0. The number of benzene rings is 1. The maximum atomic E-state index is 13.1. The fourth-order valence-corrected chi connectivity index (χ4v) is 4.53. The minimum atomic E-state index is -0.407. The highest BCUT2D eigenvalue weighted by molar-refractivity contribution is 7.99. The molecule has 0 N–H and O–H groups in total. The predicted octanol–water partition coefficient (Wildman–Crippen LogP) is 3.98. The standard InChI is InChI=1S/C15H17ClFNOS/c1-20-12-7-10-3-4-11(8-12)18(10)15(19)13-5-2-9(17)6-14(13)16/h2,5-6,10-12H,3-4,7-8H2,1H3. The van der Waals surface area contributed by atoms with Crippen LogP contribution in [-0.4, -0.2) is 34.4 Å². The van der Waals surface area contributed by atoms with Crippen LogP contribution in [0.2, 0.25) is 5.02 Å². The van der Waals surface area contributed by atoms with Gasteiger partial charge in [-0.25, -0.2) is 4.39 Å². The van der Waals surface area contributed by atoms with Gasteiger partial charge in [-0.2, -0.15) is 11.8 Å². The van der Waals surface area contributed by atoms with Gasteiger partial charge in [0.2, 0.25) is 0 Å². The Morgan fingerprint density at radius 2 is 2.00 bits per heavy atom. The van der Waals surface area contributed by atoms with Crippen LogP contribution >= 0.6 is 23.4 Å². The molecule has 0 aromatic heterocycles. The molecule has 3 rings (SSSR count). The Morgan fingerprint density at radius 1 is 1.35 bits per heavy atom. The number of carbonyl (C=O) groups is 1. The third-order valence-electron chi connectivity index (χ3n) is 4.42. The summed E-state index contributed by atoms with van der Waals surface area (Å²) in [5.74, 6) is -0.447. The second kappa shape index (κ2) is 5.57. The Bertz CT molecular complexity index is 525. The van der Waals surface area contributed by atoms with Crippen LogP contribution in [0.4, 0.5) is 4.39 Å². The summed E-state index contributed by atoms with van der Waals surface area (Å²) in [6.45, 7) is 0. The third kappa shape index (κ3) is 2.44. The van der Waals surface area contributed by atoms with E-state index in [1.54, 1.807) is 0 Å². The van der Waals surface area contributed by atoms with Gasteiger partial charge in [0.05, 0.1) is 10.6 Å². The number of halogens is 2. The van der Waals surface area contributed by atoms with Crippen molar-refractivity contribution in [3.8, 4) is 0 Å². The largest absolute Gasteiger partial charge is 0.333 e. The summed E-state index contributed by atoms with van der Waals surface area (Å²) in [7, 11) is 0. The first-order valence-corrected chi connectivity index (χ1v) is 8.57. The molecule has 20 heavy (non-hydrogen) atoms. The monoisotopic (exact) mass is 313 g/mol. The van der Waals surface area contributed by atoms with Gasteiger partial charge in [-0.3, -0.25) is 4.79 Å². The van der Waals surface area contributed by atoms with Crippen LogP contribution < -0.4 is 0 Å². The van der Waals surface area contributed by atoms with Gasteiger partial charge >= 0.3 is 0 Å². The first-order valence-electron chi connectivity index (χ1n) is 6.90. The van der Waals surface area contributed by atoms with E-state index < -0.39 is 5.82 Å². The average molecular weight is 314 g/mol. The van der Waals surface area contributed by atoms with Crippen LogP contribution in [0.3, 0.4) is 0 Å².